The molecule has 9 heteroatoms. The lowest BCUT2D eigenvalue weighted by molar-refractivity contribution is -0.0328. The van der Waals surface area contributed by atoms with Crippen LogP contribution in [0.2, 0.25) is 0 Å². The first-order valence-corrected chi connectivity index (χ1v) is 10.1. The van der Waals surface area contributed by atoms with Gasteiger partial charge in [0.25, 0.3) is 0 Å². The summed E-state index contributed by atoms with van der Waals surface area (Å²) in [5.74, 6) is -0.456. The molecule has 0 bridgehead atoms. The minimum atomic E-state index is -4.40. The van der Waals surface area contributed by atoms with E-state index in [4.69, 9.17) is 4.74 Å². The summed E-state index contributed by atoms with van der Waals surface area (Å²) in [7, 11) is 0. The number of carbonyl (C=O) groups excluding carboxylic acids is 1. The minimum absolute atomic E-state index is 0.0628. The number of carbonyl (C=O) groups is 1. The average Bonchev–Trinajstić information content (AvgIpc) is 2.69. The predicted octanol–water partition coefficient (Wildman–Crippen LogP) is 4.63. The monoisotopic (exact) mass is 425 g/mol. The quantitative estimate of drug-likeness (QED) is 0.520. The Morgan fingerprint density at radius 2 is 1.83 bits per heavy atom. The van der Waals surface area contributed by atoms with Crippen molar-refractivity contribution < 1.29 is 22.7 Å². The number of thioether (sulfide) groups is 1. The summed E-state index contributed by atoms with van der Waals surface area (Å²) in [5, 5.41) is 6.36. The fourth-order valence-electron chi connectivity index (χ4n) is 3.18. The second-order valence-corrected chi connectivity index (χ2v) is 7.44. The molecule has 1 saturated heterocycles. The normalized spacial score (nSPS) is 14.6. The van der Waals surface area contributed by atoms with Crippen LogP contribution < -0.4 is 15.5 Å². The Morgan fingerprint density at radius 1 is 1.14 bits per heavy atom. The number of benzene rings is 2. The van der Waals surface area contributed by atoms with E-state index in [9.17, 15) is 18.0 Å². The molecule has 2 aromatic rings. The molecule has 0 amide bonds. The molecular formula is C20H22F3N3O2S. The first kappa shape index (κ1) is 21.3. The number of halogens is 3. The summed E-state index contributed by atoms with van der Waals surface area (Å²) in [4.78, 5) is 14.6. The SMILES string of the molecule is CCOC(=O)c1cccc(Nc2ccccc2SC(F)(F)F)c1N1CCNCC1. The highest BCUT2D eigenvalue weighted by Gasteiger charge is 2.30. The van der Waals surface area contributed by atoms with Crippen LogP contribution in [-0.4, -0.2) is 44.3 Å². The number of alkyl halides is 3. The molecule has 3 rings (SSSR count). The van der Waals surface area contributed by atoms with E-state index in [0.29, 0.717) is 35.7 Å². The lowest BCUT2D eigenvalue weighted by Crippen LogP contribution is -2.44. The third kappa shape index (κ3) is 5.57. The highest BCUT2D eigenvalue weighted by Crippen LogP contribution is 2.42. The molecule has 0 spiro atoms. The van der Waals surface area contributed by atoms with Crippen molar-refractivity contribution in [2.45, 2.75) is 17.3 Å². The summed E-state index contributed by atoms with van der Waals surface area (Å²) in [6.45, 7) is 4.81. The van der Waals surface area contributed by atoms with Gasteiger partial charge in [-0.3, -0.25) is 0 Å². The second-order valence-electron chi connectivity index (χ2n) is 6.33. The molecule has 2 aromatic carbocycles. The molecule has 1 fully saturated rings. The molecule has 0 atom stereocenters. The van der Waals surface area contributed by atoms with Crippen LogP contribution in [0.3, 0.4) is 0 Å². The van der Waals surface area contributed by atoms with Crippen molar-refractivity contribution in [3.63, 3.8) is 0 Å². The molecule has 2 N–H and O–H groups in total. The molecule has 1 heterocycles. The number of rotatable bonds is 6. The van der Waals surface area contributed by atoms with E-state index in [1.165, 1.54) is 6.07 Å². The Bertz CT molecular complexity index is 855. The molecule has 1 aliphatic rings. The first-order valence-electron chi connectivity index (χ1n) is 9.26. The van der Waals surface area contributed by atoms with E-state index in [2.05, 4.69) is 10.6 Å². The van der Waals surface area contributed by atoms with Crippen molar-refractivity contribution in [1.29, 1.82) is 0 Å². The number of anilines is 3. The van der Waals surface area contributed by atoms with Crippen molar-refractivity contribution in [3.05, 3.63) is 48.0 Å². The highest BCUT2D eigenvalue weighted by molar-refractivity contribution is 8.00. The van der Waals surface area contributed by atoms with E-state index >= 15 is 0 Å². The zero-order valence-corrected chi connectivity index (χ0v) is 16.7. The number of hydrogen-bond donors (Lipinski definition) is 2. The van der Waals surface area contributed by atoms with Gasteiger partial charge in [0.1, 0.15) is 0 Å². The summed E-state index contributed by atoms with van der Waals surface area (Å²) in [6.07, 6.45) is 0. The molecule has 5 nitrogen and oxygen atoms in total. The van der Waals surface area contributed by atoms with Gasteiger partial charge in [0.05, 0.1) is 29.2 Å². The maximum atomic E-state index is 12.9. The maximum Gasteiger partial charge on any atom is 0.446 e. The molecule has 0 radical (unpaired) electrons. The minimum Gasteiger partial charge on any atom is -0.462 e. The summed E-state index contributed by atoms with van der Waals surface area (Å²) >= 11 is -0.171. The number of nitrogens with one attached hydrogen (secondary N) is 2. The highest BCUT2D eigenvalue weighted by atomic mass is 32.2. The van der Waals surface area contributed by atoms with Gasteiger partial charge in [-0.15, -0.1) is 0 Å². The van der Waals surface area contributed by atoms with Crippen LogP contribution in [0, 0.1) is 0 Å². The van der Waals surface area contributed by atoms with Crippen molar-refractivity contribution in [3.8, 4) is 0 Å². The Labute approximate surface area is 171 Å². The zero-order chi connectivity index (χ0) is 20.9. The lowest BCUT2D eigenvalue weighted by atomic mass is 10.1. The number of piperazine rings is 1. The first-order chi connectivity index (χ1) is 13.9. The van der Waals surface area contributed by atoms with Crippen LogP contribution in [0.4, 0.5) is 30.2 Å². The van der Waals surface area contributed by atoms with Gasteiger partial charge < -0.3 is 20.3 Å². The standard InChI is InChI=1S/C20H22F3N3O2S/c1-2-28-19(27)14-6-5-8-16(18(14)26-12-10-24-11-13-26)25-15-7-3-4-9-17(15)29-20(21,22)23/h3-9,24-25H,2,10-13H2,1H3. The molecular weight excluding hydrogens is 403 g/mol. The van der Waals surface area contributed by atoms with Crippen LogP contribution in [0.5, 0.6) is 0 Å². The molecule has 156 valence electrons. The van der Waals surface area contributed by atoms with Crippen LogP contribution in [0.15, 0.2) is 47.4 Å². The van der Waals surface area contributed by atoms with Crippen molar-refractivity contribution in [2.24, 2.45) is 0 Å². The molecule has 1 aliphatic heterocycles. The maximum absolute atomic E-state index is 12.9. The molecule has 0 saturated carbocycles. The van der Waals surface area contributed by atoms with Crippen LogP contribution in [0.1, 0.15) is 17.3 Å². The van der Waals surface area contributed by atoms with Gasteiger partial charge >= 0.3 is 11.5 Å². The number of nitrogens with zero attached hydrogens (tertiary/aromatic N) is 1. The second kappa shape index (κ2) is 9.41. The van der Waals surface area contributed by atoms with Gasteiger partial charge in [0.2, 0.25) is 0 Å². The van der Waals surface area contributed by atoms with Crippen molar-refractivity contribution in [2.75, 3.05) is 43.0 Å². The van der Waals surface area contributed by atoms with Crippen LogP contribution >= 0.6 is 11.8 Å². The van der Waals surface area contributed by atoms with Crippen molar-refractivity contribution in [1.82, 2.24) is 5.32 Å². The van der Waals surface area contributed by atoms with Crippen LogP contribution in [0.25, 0.3) is 0 Å². The molecule has 29 heavy (non-hydrogen) atoms. The average molecular weight is 425 g/mol. The molecule has 0 aromatic heterocycles. The molecule has 0 aliphatic carbocycles. The van der Waals surface area contributed by atoms with Gasteiger partial charge in [-0.2, -0.15) is 13.2 Å². The Hall–Kier alpha value is -2.39. The third-order valence-electron chi connectivity index (χ3n) is 4.35. The third-order valence-corrected chi connectivity index (χ3v) is 5.15. The van der Waals surface area contributed by atoms with Gasteiger partial charge in [-0.25, -0.2) is 4.79 Å². The smallest absolute Gasteiger partial charge is 0.446 e. The molecule has 0 unspecified atom stereocenters. The number of esters is 1. The number of hydrogen-bond acceptors (Lipinski definition) is 6. The lowest BCUT2D eigenvalue weighted by Gasteiger charge is -2.32. The van der Waals surface area contributed by atoms with E-state index in [1.807, 2.05) is 4.90 Å². The Balaban J connectivity index is 2.01. The van der Waals surface area contributed by atoms with E-state index < -0.39 is 11.5 Å². The van der Waals surface area contributed by atoms with Gasteiger partial charge in [0.15, 0.2) is 0 Å². The fourth-order valence-corrected chi connectivity index (χ4v) is 3.80. The topological polar surface area (TPSA) is 53.6 Å². The summed E-state index contributed by atoms with van der Waals surface area (Å²) in [6, 6.07) is 11.4. The van der Waals surface area contributed by atoms with Gasteiger partial charge in [-0.1, -0.05) is 18.2 Å². The Kier molecular flexibility index (Phi) is 6.92. The van der Waals surface area contributed by atoms with Gasteiger partial charge in [0, 0.05) is 31.1 Å². The van der Waals surface area contributed by atoms with E-state index in [0.717, 1.165) is 13.1 Å². The number of ether oxygens (including phenoxy) is 1. The van der Waals surface area contributed by atoms with E-state index in [1.54, 1.807) is 43.3 Å². The largest absolute Gasteiger partial charge is 0.462 e. The Morgan fingerprint density at radius 3 is 2.52 bits per heavy atom. The predicted molar refractivity (Wildman–Crippen MR) is 109 cm³/mol. The number of para-hydroxylation sites is 2. The fraction of sp³-hybridized carbons (Fsp3) is 0.350. The van der Waals surface area contributed by atoms with Crippen molar-refractivity contribution >= 4 is 34.8 Å². The van der Waals surface area contributed by atoms with Gasteiger partial charge in [-0.05, 0) is 43.0 Å². The van der Waals surface area contributed by atoms with E-state index in [-0.39, 0.29) is 23.3 Å². The summed E-state index contributed by atoms with van der Waals surface area (Å²) in [5.41, 5.74) is -2.48. The zero-order valence-electron chi connectivity index (χ0n) is 15.9. The van der Waals surface area contributed by atoms with Crippen LogP contribution in [-0.2, 0) is 4.74 Å². The summed E-state index contributed by atoms with van der Waals surface area (Å²) < 4.78 is 44.0.